The molecule has 11 heteroatoms. The number of ether oxygens (including phenoxy) is 1. The summed E-state index contributed by atoms with van der Waals surface area (Å²) in [5.41, 5.74) is 0.0491. The van der Waals surface area contributed by atoms with E-state index in [0.29, 0.717) is 0 Å². The zero-order chi connectivity index (χ0) is 21.8. The summed E-state index contributed by atoms with van der Waals surface area (Å²) < 4.78 is 4.75. The Morgan fingerprint density at radius 2 is 1.73 bits per heavy atom. The van der Waals surface area contributed by atoms with Gasteiger partial charge in [0, 0.05) is 35.7 Å². The van der Waals surface area contributed by atoms with Crippen molar-refractivity contribution in [2.24, 2.45) is 0 Å². The minimum absolute atomic E-state index is 0.0828. The first-order valence-electron chi connectivity index (χ1n) is 8.67. The highest BCUT2D eigenvalue weighted by Gasteiger charge is 2.26. The van der Waals surface area contributed by atoms with E-state index in [1.165, 1.54) is 0 Å². The van der Waals surface area contributed by atoms with Crippen LogP contribution in [0.5, 0.6) is 0 Å². The molecule has 2 N–H and O–H groups in total. The number of nitro benzene ring substituents is 2. The molecule has 1 aromatic heterocycles. The van der Waals surface area contributed by atoms with Crippen LogP contribution in [0.1, 0.15) is 15.9 Å². The predicted octanol–water partition coefficient (Wildman–Crippen LogP) is 2.50. The molecule has 11 nitrogen and oxygen atoms in total. The second-order valence-corrected chi connectivity index (χ2v) is 6.37. The number of nitrogens with zero attached hydrogens (tertiary/aromatic N) is 2. The number of para-hydroxylation sites is 1. The van der Waals surface area contributed by atoms with E-state index in [2.05, 4.69) is 10.3 Å². The second-order valence-electron chi connectivity index (χ2n) is 6.37. The van der Waals surface area contributed by atoms with Crippen LogP contribution in [0, 0.1) is 20.2 Å². The van der Waals surface area contributed by atoms with E-state index in [-0.39, 0.29) is 12.0 Å². The lowest BCUT2D eigenvalue weighted by Gasteiger charge is -2.16. The zero-order valence-electron chi connectivity index (χ0n) is 15.7. The largest absolute Gasteiger partial charge is 0.467 e. The lowest BCUT2D eigenvalue weighted by atomic mass is 10.0. The van der Waals surface area contributed by atoms with E-state index >= 15 is 0 Å². The summed E-state index contributed by atoms with van der Waals surface area (Å²) in [5, 5.41) is 25.4. The number of rotatable bonds is 7. The number of benzene rings is 2. The number of aromatic amines is 1. The average Bonchev–Trinajstić information content (AvgIpc) is 3.15. The van der Waals surface area contributed by atoms with Gasteiger partial charge in [-0.1, -0.05) is 18.2 Å². The minimum atomic E-state index is -1.11. The molecule has 0 fully saturated rings. The van der Waals surface area contributed by atoms with Crippen LogP contribution in [0.2, 0.25) is 0 Å². The lowest BCUT2D eigenvalue weighted by molar-refractivity contribution is -0.394. The van der Waals surface area contributed by atoms with Gasteiger partial charge >= 0.3 is 5.97 Å². The molecule has 0 unspecified atom stereocenters. The zero-order valence-corrected chi connectivity index (χ0v) is 15.7. The molecule has 0 bridgehead atoms. The van der Waals surface area contributed by atoms with E-state index in [9.17, 15) is 29.8 Å². The number of nitrogens with one attached hydrogen (secondary N) is 2. The van der Waals surface area contributed by atoms with Crippen molar-refractivity contribution >= 4 is 34.2 Å². The van der Waals surface area contributed by atoms with Crippen LogP contribution in [-0.2, 0) is 16.0 Å². The van der Waals surface area contributed by atoms with E-state index < -0.39 is 39.1 Å². The summed E-state index contributed by atoms with van der Waals surface area (Å²) in [4.78, 5) is 48.3. The molecule has 1 amide bonds. The van der Waals surface area contributed by atoms with Crippen LogP contribution in [-0.4, -0.2) is 39.9 Å². The van der Waals surface area contributed by atoms with Crippen molar-refractivity contribution in [3.8, 4) is 0 Å². The van der Waals surface area contributed by atoms with E-state index in [1.54, 1.807) is 6.20 Å². The summed E-state index contributed by atoms with van der Waals surface area (Å²) in [7, 11) is 1.16. The Labute approximate surface area is 168 Å². The molecule has 0 aliphatic heterocycles. The Hall–Kier alpha value is -4.28. The molecule has 0 saturated heterocycles. The number of esters is 1. The average molecular weight is 412 g/mol. The van der Waals surface area contributed by atoms with Crippen LogP contribution in [0.4, 0.5) is 11.4 Å². The highest BCUT2D eigenvalue weighted by Crippen LogP contribution is 2.23. The van der Waals surface area contributed by atoms with Gasteiger partial charge in [0.15, 0.2) is 0 Å². The first-order chi connectivity index (χ1) is 14.3. The van der Waals surface area contributed by atoms with Crippen molar-refractivity contribution in [1.29, 1.82) is 0 Å². The van der Waals surface area contributed by atoms with E-state index in [0.717, 1.165) is 41.8 Å². The smallest absolute Gasteiger partial charge is 0.328 e. The number of H-pyrrole nitrogens is 1. The van der Waals surface area contributed by atoms with Gasteiger partial charge in [-0.3, -0.25) is 25.0 Å². The fraction of sp³-hybridized carbons (Fsp3) is 0.158. The normalized spacial score (nSPS) is 11.6. The number of hydrogen-bond acceptors (Lipinski definition) is 7. The van der Waals surface area contributed by atoms with Crippen molar-refractivity contribution in [2.45, 2.75) is 12.5 Å². The van der Waals surface area contributed by atoms with Crippen molar-refractivity contribution < 1.29 is 24.2 Å². The number of non-ortho nitro benzene ring substituents is 2. The van der Waals surface area contributed by atoms with Gasteiger partial charge in [0.05, 0.1) is 28.6 Å². The number of hydrogen-bond donors (Lipinski definition) is 2. The highest BCUT2D eigenvalue weighted by atomic mass is 16.6. The standard InChI is InChI=1S/C19H16N4O7/c1-30-19(25)17(8-12-10-20-16-5-3-2-4-15(12)16)21-18(24)11-6-13(22(26)27)9-14(7-11)23(28)29/h2-7,9-10,17,20H,8H2,1H3,(H,21,24)/t17-/m0/s1. The number of aromatic nitrogens is 1. The van der Waals surface area contributed by atoms with Crippen molar-refractivity contribution in [2.75, 3.05) is 7.11 Å². The molecule has 0 spiro atoms. The van der Waals surface area contributed by atoms with Crippen molar-refractivity contribution in [3.05, 3.63) is 80.0 Å². The molecule has 1 atom stereocenters. The molecule has 3 rings (SSSR count). The molecular weight excluding hydrogens is 396 g/mol. The van der Waals surface area contributed by atoms with Crippen LogP contribution in [0.25, 0.3) is 10.9 Å². The molecule has 2 aromatic carbocycles. The van der Waals surface area contributed by atoms with Gasteiger partial charge in [0.2, 0.25) is 0 Å². The summed E-state index contributed by atoms with van der Waals surface area (Å²) in [6.07, 6.45) is 1.78. The van der Waals surface area contributed by atoms with Crippen LogP contribution >= 0.6 is 0 Å². The third-order valence-electron chi connectivity index (χ3n) is 4.48. The molecule has 3 aromatic rings. The Balaban J connectivity index is 1.90. The number of carbonyl (C=O) groups excluding carboxylic acids is 2. The van der Waals surface area contributed by atoms with Crippen molar-refractivity contribution in [3.63, 3.8) is 0 Å². The topological polar surface area (TPSA) is 157 Å². The number of carbonyl (C=O) groups is 2. The summed E-state index contributed by atoms with van der Waals surface area (Å²) >= 11 is 0. The quantitative estimate of drug-likeness (QED) is 0.343. The maximum Gasteiger partial charge on any atom is 0.328 e. The maximum absolute atomic E-state index is 12.6. The van der Waals surface area contributed by atoms with E-state index in [4.69, 9.17) is 4.74 Å². The fourth-order valence-electron chi connectivity index (χ4n) is 3.03. The van der Waals surface area contributed by atoms with Crippen LogP contribution in [0.15, 0.2) is 48.7 Å². The molecular formula is C19H16N4O7. The first-order valence-corrected chi connectivity index (χ1v) is 8.67. The Kier molecular flexibility index (Phi) is 5.72. The molecule has 0 aliphatic carbocycles. The Morgan fingerprint density at radius 1 is 1.10 bits per heavy atom. The summed E-state index contributed by atoms with van der Waals surface area (Å²) in [5.74, 6) is -1.61. The molecule has 0 aliphatic rings. The molecule has 0 saturated carbocycles. The summed E-state index contributed by atoms with van der Waals surface area (Å²) in [6.45, 7) is 0. The van der Waals surface area contributed by atoms with Gasteiger partial charge in [0.25, 0.3) is 17.3 Å². The van der Waals surface area contributed by atoms with Gasteiger partial charge in [0.1, 0.15) is 6.04 Å². The lowest BCUT2D eigenvalue weighted by Crippen LogP contribution is -2.43. The molecule has 0 radical (unpaired) electrons. The number of amides is 1. The van der Waals surface area contributed by atoms with Crippen molar-refractivity contribution in [1.82, 2.24) is 10.3 Å². The minimum Gasteiger partial charge on any atom is -0.467 e. The summed E-state index contributed by atoms with van der Waals surface area (Å²) in [6, 6.07) is 8.82. The number of nitro groups is 2. The molecule has 154 valence electrons. The second kappa shape index (κ2) is 8.39. The highest BCUT2D eigenvalue weighted by molar-refractivity contribution is 5.98. The Morgan fingerprint density at radius 3 is 2.33 bits per heavy atom. The van der Waals surface area contributed by atoms with Gasteiger partial charge in [-0.25, -0.2) is 4.79 Å². The molecule has 30 heavy (non-hydrogen) atoms. The first kappa shape index (κ1) is 20.5. The van der Waals surface area contributed by atoms with Gasteiger partial charge in [-0.2, -0.15) is 0 Å². The van der Waals surface area contributed by atoms with Crippen LogP contribution < -0.4 is 5.32 Å². The third-order valence-corrected chi connectivity index (χ3v) is 4.48. The SMILES string of the molecule is COC(=O)[C@H](Cc1c[nH]c2ccccc12)NC(=O)c1cc([N+](=O)[O-])cc([N+](=O)[O-])c1. The van der Waals surface area contributed by atoms with Crippen LogP contribution in [0.3, 0.4) is 0 Å². The predicted molar refractivity (Wildman–Crippen MR) is 105 cm³/mol. The Bertz CT molecular complexity index is 1120. The fourth-order valence-corrected chi connectivity index (χ4v) is 3.03. The van der Waals surface area contributed by atoms with Gasteiger partial charge in [-0.15, -0.1) is 0 Å². The monoisotopic (exact) mass is 412 g/mol. The number of methoxy groups -OCH3 is 1. The third kappa shape index (κ3) is 4.24. The van der Waals surface area contributed by atoms with Gasteiger partial charge in [-0.05, 0) is 11.6 Å². The van der Waals surface area contributed by atoms with E-state index in [1.807, 2.05) is 24.3 Å². The number of fused-ring (bicyclic) bond motifs is 1. The van der Waals surface area contributed by atoms with Gasteiger partial charge < -0.3 is 15.0 Å². The maximum atomic E-state index is 12.6. The molecule has 1 heterocycles.